The van der Waals surface area contributed by atoms with Crippen LogP contribution in [0, 0.1) is 107 Å². The van der Waals surface area contributed by atoms with Crippen LogP contribution < -0.4 is 0 Å². The first-order valence-electron chi connectivity index (χ1n) is 49.7. The van der Waals surface area contributed by atoms with E-state index in [0.717, 1.165) is 154 Å². The predicted molar refractivity (Wildman–Crippen MR) is 484 cm³/mol. The first-order valence-corrected chi connectivity index (χ1v) is 49.7. The van der Waals surface area contributed by atoms with Gasteiger partial charge in [-0.1, -0.05) is 293 Å². The van der Waals surface area contributed by atoms with Gasteiger partial charge in [0.05, 0.1) is 26.1 Å². The Kier molecular flexibility index (Phi) is 74.5. The minimum Gasteiger partial charge on any atom is -0.469 e. The number of hydrogen-bond acceptors (Lipinski definition) is 11. The van der Waals surface area contributed by atoms with Crippen molar-refractivity contribution in [1.29, 1.82) is 0 Å². The number of carbonyl (C=O) groups excluding carboxylic acids is 2. The second-order valence-corrected chi connectivity index (χ2v) is 38.4. The number of methoxy groups -OCH3 is 8. The molecule has 0 heterocycles. The number of unbranched alkanes of at least 4 members (excludes halogenated alkanes) is 10. The molecule has 0 unspecified atom stereocenters. The average Bonchev–Trinajstić information content (AvgIpc) is 0.925. The van der Waals surface area contributed by atoms with Crippen LogP contribution in [0.2, 0.25) is 0 Å². The summed E-state index contributed by atoms with van der Waals surface area (Å²) in [4.78, 5) is 22.2. The third-order valence-electron chi connectivity index (χ3n) is 28.8. The van der Waals surface area contributed by atoms with E-state index in [1.807, 2.05) is 35.5 Å². The zero-order chi connectivity index (χ0) is 83.2. The van der Waals surface area contributed by atoms with E-state index in [0.29, 0.717) is 12.5 Å². The van der Waals surface area contributed by atoms with E-state index in [4.69, 9.17) is 38.3 Å². The van der Waals surface area contributed by atoms with Gasteiger partial charge in [-0.05, 0) is 236 Å². The fourth-order valence-corrected chi connectivity index (χ4v) is 20.3. The van der Waals surface area contributed by atoms with E-state index in [9.17, 15) is 9.59 Å². The summed E-state index contributed by atoms with van der Waals surface area (Å²) in [6.45, 7) is 26.9. The van der Waals surface area contributed by atoms with Crippen LogP contribution >= 0.6 is 0 Å². The number of esters is 2. The maximum absolute atomic E-state index is 11.1. The van der Waals surface area contributed by atoms with Crippen LogP contribution in [0.4, 0.5) is 0 Å². The molecule has 674 valence electrons. The van der Waals surface area contributed by atoms with E-state index in [1.165, 1.54) is 361 Å². The number of aliphatic hydroxyl groups is 1. The molecule has 9 fully saturated rings. The maximum Gasteiger partial charge on any atom is 0.308 e. The summed E-state index contributed by atoms with van der Waals surface area (Å²) >= 11 is 0. The van der Waals surface area contributed by atoms with Crippen molar-refractivity contribution in [3.8, 4) is 0 Å². The third kappa shape index (κ3) is 58.3. The molecular formula is C102H200O11. The van der Waals surface area contributed by atoms with Gasteiger partial charge in [-0.15, -0.1) is 0 Å². The largest absolute Gasteiger partial charge is 0.469 e. The van der Waals surface area contributed by atoms with Crippen molar-refractivity contribution in [3.63, 3.8) is 0 Å². The summed E-state index contributed by atoms with van der Waals surface area (Å²) in [7, 11) is 13.9. The van der Waals surface area contributed by atoms with Gasteiger partial charge in [-0.2, -0.15) is 0 Å². The Morgan fingerprint density at radius 2 is 0.434 bits per heavy atom. The van der Waals surface area contributed by atoms with Gasteiger partial charge in [-0.25, -0.2) is 0 Å². The lowest BCUT2D eigenvalue weighted by molar-refractivity contribution is -0.147. The topological polar surface area (TPSA) is 128 Å². The van der Waals surface area contributed by atoms with Crippen molar-refractivity contribution in [2.45, 2.75) is 435 Å². The molecule has 11 nitrogen and oxygen atoms in total. The van der Waals surface area contributed by atoms with Crippen molar-refractivity contribution < 1.29 is 52.6 Å². The highest BCUT2D eigenvalue weighted by Crippen LogP contribution is 2.38. The molecule has 9 rings (SSSR count). The van der Waals surface area contributed by atoms with Gasteiger partial charge >= 0.3 is 11.9 Å². The highest BCUT2D eigenvalue weighted by atomic mass is 16.5. The fraction of sp³-hybridized carbons (Fsp3) is 0.980. The molecular weight excluding hydrogens is 1400 g/mol. The van der Waals surface area contributed by atoms with Crippen LogP contribution in [-0.4, -0.2) is 120 Å². The SMILES string of the molecule is CCC1CCC(C(=O)OC)CC1.CCC1CCC(COC)CC1.CCCC1CCC(CO)CC1.CCCCC1CCC(COC)CC1.CCCCCC1CCC(COC)CC1.CCCCCCC1CCC(COC)CC1.CCCCCCCC1CCC(COC)CC1.COC(=O)C1CCC(C)CC1.COCC1CCC(C)CC1. The Hall–Kier alpha value is -1.34. The summed E-state index contributed by atoms with van der Waals surface area (Å²) in [6, 6.07) is 0. The molecule has 0 saturated heterocycles. The molecule has 9 saturated carbocycles. The fourth-order valence-electron chi connectivity index (χ4n) is 20.3. The Balaban J connectivity index is 0.000000638. The number of hydrogen-bond donors (Lipinski definition) is 1. The Labute approximate surface area is 705 Å². The maximum atomic E-state index is 11.1. The Morgan fingerprint density at radius 3 is 0.699 bits per heavy atom. The lowest BCUT2D eigenvalue weighted by Gasteiger charge is -2.28. The molecule has 0 amide bonds. The minimum atomic E-state index is -0.0168. The van der Waals surface area contributed by atoms with Crippen molar-refractivity contribution >= 4 is 11.9 Å². The summed E-state index contributed by atoms with van der Waals surface area (Å²) in [5.41, 5.74) is 0. The number of rotatable bonds is 37. The van der Waals surface area contributed by atoms with Gasteiger partial charge in [0.1, 0.15) is 0 Å². The summed E-state index contributed by atoms with van der Waals surface area (Å²) in [5.74, 6) is 14.9. The standard InChI is InChI=1S/C15H30O.C14H28O.C13H26O.C12H24O.C10H18O2.2C10H20O.C9H16O2.C9H18O/c1-3-4-5-6-7-8-14-9-11-15(12-10-14)13-16-2;1-3-4-5-6-7-13-8-10-14(11-9-13)12-15-2;1-3-4-5-6-12-7-9-13(10-8-12)11-14-2;1-3-4-5-11-6-8-12(9-7-11)10-13-2;1-3-8-4-6-9(7-5-8)10(11)12-2;1-3-9-4-6-10(7-5-9)8-11-2;1-2-3-9-4-6-10(8-11)7-5-9;1-7-3-5-8(6-4-7)9(10)11-2;1-8-3-5-9(6-4-8)7-10-2/h14-15H,3-13H2,1-2H3;13-14H,3-12H2,1-2H3;12-13H,3-11H2,1-2H3;11-12H,3-10H2,1-2H3;8-9H,3-7H2,1-2H3;9-10H,3-8H2,1-2H3;9-11H,2-8H2,1H3;7-8H,3-6H2,1-2H3;8-9H,3-7H2,1-2H3. The molecule has 113 heavy (non-hydrogen) atoms. The normalized spacial score (nSPS) is 29.5. The molecule has 0 aliphatic heterocycles. The molecule has 0 aromatic rings. The highest BCUT2D eigenvalue weighted by molar-refractivity contribution is 5.72. The second-order valence-electron chi connectivity index (χ2n) is 38.4. The predicted octanol–water partition coefficient (Wildman–Crippen LogP) is 29.1. The highest BCUT2D eigenvalue weighted by Gasteiger charge is 2.29. The minimum absolute atomic E-state index is 0.00967. The van der Waals surface area contributed by atoms with E-state index < -0.39 is 0 Å². The molecule has 9 aliphatic rings. The van der Waals surface area contributed by atoms with E-state index in [1.54, 1.807) is 7.11 Å². The van der Waals surface area contributed by atoms with Gasteiger partial charge < -0.3 is 43.0 Å². The lowest BCUT2D eigenvalue weighted by Crippen LogP contribution is -2.22. The van der Waals surface area contributed by atoms with Gasteiger partial charge in [0.25, 0.3) is 0 Å². The molecule has 0 bridgehead atoms. The van der Waals surface area contributed by atoms with Crippen LogP contribution in [0.5, 0.6) is 0 Å². The molecule has 9 aliphatic carbocycles. The summed E-state index contributed by atoms with van der Waals surface area (Å²) in [5, 5.41) is 8.91. The van der Waals surface area contributed by atoms with Crippen molar-refractivity contribution in [2.75, 3.05) is 103 Å². The molecule has 0 atom stereocenters. The Bertz CT molecular complexity index is 1920. The van der Waals surface area contributed by atoms with Gasteiger partial charge in [0.2, 0.25) is 0 Å². The first-order chi connectivity index (χ1) is 55.0. The molecule has 0 radical (unpaired) electrons. The number of carbonyl (C=O) groups is 2. The quantitative estimate of drug-likeness (QED) is 0.0472. The third-order valence-corrected chi connectivity index (χ3v) is 28.8. The zero-order valence-electron chi connectivity index (χ0n) is 78.9. The van der Waals surface area contributed by atoms with Crippen LogP contribution in [0.15, 0.2) is 0 Å². The smallest absolute Gasteiger partial charge is 0.308 e. The molecule has 0 aromatic carbocycles. The molecule has 0 spiro atoms. The van der Waals surface area contributed by atoms with E-state index >= 15 is 0 Å². The Morgan fingerprint density at radius 1 is 0.230 bits per heavy atom. The second kappa shape index (κ2) is 76.8. The molecule has 1 N–H and O–H groups in total. The van der Waals surface area contributed by atoms with Crippen LogP contribution in [-0.2, 0) is 47.5 Å². The van der Waals surface area contributed by atoms with Crippen molar-refractivity contribution in [1.82, 2.24) is 0 Å². The number of aliphatic hydroxyl groups excluding tert-OH is 1. The van der Waals surface area contributed by atoms with Crippen LogP contribution in [0.3, 0.4) is 0 Å². The first kappa shape index (κ1) is 110. The number of ether oxygens (including phenoxy) is 8. The van der Waals surface area contributed by atoms with Crippen LogP contribution in [0.25, 0.3) is 0 Å². The van der Waals surface area contributed by atoms with Crippen LogP contribution in [0.1, 0.15) is 435 Å². The lowest BCUT2D eigenvalue weighted by atomic mass is 9.80. The van der Waals surface area contributed by atoms with E-state index in [2.05, 4.69) is 67.1 Å². The molecule has 11 heteroatoms. The van der Waals surface area contributed by atoms with Gasteiger partial charge in [0, 0.05) is 88.9 Å². The molecule has 0 aromatic heterocycles. The van der Waals surface area contributed by atoms with Crippen molar-refractivity contribution in [2.24, 2.45) is 107 Å². The van der Waals surface area contributed by atoms with E-state index in [-0.39, 0.29) is 23.8 Å². The monoisotopic (exact) mass is 1600 g/mol. The van der Waals surface area contributed by atoms with Gasteiger partial charge in [0.15, 0.2) is 0 Å². The summed E-state index contributed by atoms with van der Waals surface area (Å²) in [6.07, 6.45) is 79.5. The van der Waals surface area contributed by atoms with Gasteiger partial charge in [-0.3, -0.25) is 9.59 Å². The zero-order valence-corrected chi connectivity index (χ0v) is 78.9. The average molecular weight is 1600 g/mol. The van der Waals surface area contributed by atoms with Crippen molar-refractivity contribution in [3.05, 3.63) is 0 Å². The summed E-state index contributed by atoms with van der Waals surface area (Å²) < 4.78 is 40.6.